The van der Waals surface area contributed by atoms with Gasteiger partial charge in [0.15, 0.2) is 0 Å². The van der Waals surface area contributed by atoms with E-state index in [0.717, 1.165) is 44.3 Å². The number of nitrogens with zero attached hydrogens (tertiary/aromatic N) is 1. The lowest BCUT2D eigenvalue weighted by Gasteiger charge is -2.33. The number of nitrogens with one attached hydrogen (secondary N) is 1. The van der Waals surface area contributed by atoms with Gasteiger partial charge in [-0.1, -0.05) is 0 Å². The molecule has 0 spiro atoms. The molecule has 1 N–H and O–H groups in total. The van der Waals surface area contributed by atoms with E-state index in [2.05, 4.69) is 10.2 Å². The van der Waals surface area contributed by atoms with Crippen LogP contribution in [0.25, 0.3) is 0 Å². The molecule has 2 saturated heterocycles. The number of rotatable bonds is 5. The number of thiophene rings is 1. The van der Waals surface area contributed by atoms with Crippen LogP contribution in [-0.4, -0.2) is 50.2 Å². The third-order valence-electron chi connectivity index (χ3n) is 4.58. The zero-order valence-electron chi connectivity index (χ0n) is 12.4. The van der Waals surface area contributed by atoms with Gasteiger partial charge in [-0.15, -0.1) is 0 Å². The molecule has 3 heterocycles. The molecule has 0 saturated carbocycles. The summed E-state index contributed by atoms with van der Waals surface area (Å²) in [6.07, 6.45) is 3.60. The van der Waals surface area contributed by atoms with Crippen LogP contribution >= 0.6 is 11.3 Å². The van der Waals surface area contributed by atoms with Crippen molar-refractivity contribution in [2.45, 2.75) is 19.3 Å². The predicted octanol–water partition coefficient (Wildman–Crippen LogP) is 2.23. The summed E-state index contributed by atoms with van der Waals surface area (Å²) in [6, 6.07) is 1.88. The molecule has 1 aromatic heterocycles. The standard InChI is InChI=1S/C16H24N2O2S/c19-16(15-4-8-21-12-15)17-9-13-1-5-18(6-2-13)10-14-3-7-20-11-14/h4,8,12-14H,1-3,5-7,9-11H2,(H,17,19). The monoisotopic (exact) mass is 308 g/mol. The van der Waals surface area contributed by atoms with Crippen molar-refractivity contribution in [1.29, 1.82) is 0 Å². The number of carbonyl (C=O) groups excluding carboxylic acids is 1. The molecule has 1 aromatic rings. The van der Waals surface area contributed by atoms with Gasteiger partial charge in [0.1, 0.15) is 0 Å². The Balaban J connectivity index is 1.34. The fourth-order valence-electron chi connectivity index (χ4n) is 3.20. The second kappa shape index (κ2) is 7.38. The topological polar surface area (TPSA) is 41.6 Å². The smallest absolute Gasteiger partial charge is 0.252 e. The largest absolute Gasteiger partial charge is 0.381 e. The Morgan fingerprint density at radius 2 is 2.19 bits per heavy atom. The van der Waals surface area contributed by atoms with Crippen LogP contribution in [-0.2, 0) is 4.74 Å². The lowest BCUT2D eigenvalue weighted by Crippen LogP contribution is -2.40. The van der Waals surface area contributed by atoms with Crippen LogP contribution in [0.15, 0.2) is 16.8 Å². The van der Waals surface area contributed by atoms with Crippen LogP contribution in [0, 0.1) is 11.8 Å². The highest BCUT2D eigenvalue weighted by Crippen LogP contribution is 2.20. The molecule has 116 valence electrons. The lowest BCUT2D eigenvalue weighted by molar-refractivity contribution is 0.0932. The Morgan fingerprint density at radius 3 is 2.86 bits per heavy atom. The van der Waals surface area contributed by atoms with Crippen molar-refractivity contribution in [1.82, 2.24) is 10.2 Å². The molecule has 4 nitrogen and oxygen atoms in total. The molecule has 5 heteroatoms. The van der Waals surface area contributed by atoms with Crippen molar-refractivity contribution in [3.05, 3.63) is 22.4 Å². The minimum Gasteiger partial charge on any atom is -0.381 e. The summed E-state index contributed by atoms with van der Waals surface area (Å²) in [5, 5.41) is 6.92. The third-order valence-corrected chi connectivity index (χ3v) is 5.27. The van der Waals surface area contributed by atoms with E-state index < -0.39 is 0 Å². The number of hydrogen-bond donors (Lipinski definition) is 1. The molecule has 2 aliphatic heterocycles. The van der Waals surface area contributed by atoms with E-state index in [1.165, 1.54) is 25.8 Å². The number of piperidine rings is 1. The van der Waals surface area contributed by atoms with Gasteiger partial charge >= 0.3 is 0 Å². The highest BCUT2D eigenvalue weighted by molar-refractivity contribution is 7.08. The summed E-state index contributed by atoms with van der Waals surface area (Å²) in [4.78, 5) is 14.5. The molecule has 21 heavy (non-hydrogen) atoms. The summed E-state index contributed by atoms with van der Waals surface area (Å²) in [5.74, 6) is 1.44. The molecule has 0 radical (unpaired) electrons. The molecule has 0 aromatic carbocycles. The number of hydrogen-bond acceptors (Lipinski definition) is 4. The van der Waals surface area contributed by atoms with Gasteiger partial charge in [-0.05, 0) is 55.6 Å². The van der Waals surface area contributed by atoms with Gasteiger partial charge in [-0.25, -0.2) is 0 Å². The molecule has 1 amide bonds. The quantitative estimate of drug-likeness (QED) is 0.907. The van der Waals surface area contributed by atoms with Crippen molar-refractivity contribution >= 4 is 17.2 Å². The van der Waals surface area contributed by atoms with Gasteiger partial charge < -0.3 is 15.0 Å². The summed E-state index contributed by atoms with van der Waals surface area (Å²) < 4.78 is 5.45. The van der Waals surface area contributed by atoms with E-state index in [0.29, 0.717) is 5.92 Å². The fraction of sp³-hybridized carbons (Fsp3) is 0.688. The molecule has 3 rings (SSSR count). The third kappa shape index (κ3) is 4.28. The van der Waals surface area contributed by atoms with Gasteiger partial charge in [0, 0.05) is 30.6 Å². The highest BCUT2D eigenvalue weighted by Gasteiger charge is 2.24. The van der Waals surface area contributed by atoms with E-state index in [4.69, 9.17) is 4.74 Å². The molecule has 1 atom stereocenters. The van der Waals surface area contributed by atoms with Crippen LogP contribution in [0.4, 0.5) is 0 Å². The second-order valence-electron chi connectivity index (χ2n) is 6.20. The van der Waals surface area contributed by atoms with E-state index in [9.17, 15) is 4.79 Å². The number of likely N-dealkylation sites (tertiary alicyclic amines) is 1. The lowest BCUT2D eigenvalue weighted by atomic mass is 9.95. The molecular formula is C16H24N2O2S. The average molecular weight is 308 g/mol. The first-order chi connectivity index (χ1) is 10.3. The average Bonchev–Trinajstić information content (AvgIpc) is 3.19. The van der Waals surface area contributed by atoms with Crippen molar-refractivity contribution in [3.8, 4) is 0 Å². The second-order valence-corrected chi connectivity index (χ2v) is 6.98. The maximum atomic E-state index is 11.9. The SMILES string of the molecule is O=C(NCC1CCN(CC2CCOC2)CC1)c1ccsc1. The van der Waals surface area contributed by atoms with Crippen molar-refractivity contribution in [3.63, 3.8) is 0 Å². The van der Waals surface area contributed by atoms with E-state index in [1.54, 1.807) is 11.3 Å². The Morgan fingerprint density at radius 1 is 1.33 bits per heavy atom. The Bertz CT molecular complexity index is 435. The normalized spacial score (nSPS) is 24.3. The molecular weight excluding hydrogens is 284 g/mol. The first-order valence-electron chi connectivity index (χ1n) is 7.92. The number of ether oxygens (including phenoxy) is 1. The van der Waals surface area contributed by atoms with E-state index in [1.807, 2.05) is 16.8 Å². The van der Waals surface area contributed by atoms with Crippen LogP contribution in [0.5, 0.6) is 0 Å². The molecule has 2 fully saturated rings. The maximum Gasteiger partial charge on any atom is 0.252 e. The summed E-state index contributed by atoms with van der Waals surface area (Å²) in [7, 11) is 0. The fourth-order valence-corrected chi connectivity index (χ4v) is 3.83. The summed E-state index contributed by atoms with van der Waals surface area (Å²) in [5.41, 5.74) is 0.790. The minimum absolute atomic E-state index is 0.0711. The van der Waals surface area contributed by atoms with Crippen molar-refractivity contribution < 1.29 is 9.53 Å². The first kappa shape index (κ1) is 15.0. The van der Waals surface area contributed by atoms with Gasteiger partial charge in [0.05, 0.1) is 6.61 Å². The Labute approximate surface area is 130 Å². The zero-order valence-corrected chi connectivity index (χ0v) is 13.2. The van der Waals surface area contributed by atoms with Gasteiger partial charge in [0.2, 0.25) is 0 Å². The molecule has 0 bridgehead atoms. The van der Waals surface area contributed by atoms with Gasteiger partial charge in [-0.3, -0.25) is 4.79 Å². The Kier molecular flexibility index (Phi) is 5.27. The minimum atomic E-state index is 0.0711. The van der Waals surface area contributed by atoms with Crippen molar-refractivity contribution in [2.24, 2.45) is 11.8 Å². The maximum absolute atomic E-state index is 11.9. The summed E-state index contributed by atoms with van der Waals surface area (Å²) >= 11 is 1.57. The van der Waals surface area contributed by atoms with Gasteiger partial charge in [0.25, 0.3) is 5.91 Å². The number of amides is 1. The van der Waals surface area contributed by atoms with Crippen LogP contribution in [0.1, 0.15) is 29.6 Å². The Hall–Kier alpha value is -0.910. The number of carbonyl (C=O) groups is 1. The van der Waals surface area contributed by atoms with Crippen LogP contribution in [0.3, 0.4) is 0 Å². The molecule has 0 aliphatic carbocycles. The van der Waals surface area contributed by atoms with Crippen molar-refractivity contribution in [2.75, 3.05) is 39.4 Å². The molecule has 2 aliphatic rings. The predicted molar refractivity (Wildman–Crippen MR) is 84.7 cm³/mol. The van der Waals surface area contributed by atoms with Crippen LogP contribution < -0.4 is 5.32 Å². The summed E-state index contributed by atoms with van der Waals surface area (Å²) in [6.45, 7) is 6.21. The highest BCUT2D eigenvalue weighted by atomic mass is 32.1. The first-order valence-corrected chi connectivity index (χ1v) is 8.86. The zero-order chi connectivity index (χ0) is 14.5. The van der Waals surface area contributed by atoms with Gasteiger partial charge in [-0.2, -0.15) is 11.3 Å². The van der Waals surface area contributed by atoms with E-state index in [-0.39, 0.29) is 5.91 Å². The molecule has 1 unspecified atom stereocenters. The van der Waals surface area contributed by atoms with E-state index >= 15 is 0 Å². The van der Waals surface area contributed by atoms with Crippen LogP contribution in [0.2, 0.25) is 0 Å².